The van der Waals surface area contributed by atoms with Crippen LogP contribution in [0, 0.1) is 0 Å². The Kier molecular flexibility index (Phi) is 4.88. The van der Waals surface area contributed by atoms with Crippen LogP contribution in [0.5, 0.6) is 11.5 Å². The highest BCUT2D eigenvalue weighted by atomic mass is 16.5. The summed E-state index contributed by atoms with van der Waals surface area (Å²) in [5.41, 5.74) is 4.11. The van der Waals surface area contributed by atoms with Crippen molar-refractivity contribution in [2.24, 2.45) is 0 Å². The molecule has 0 atom stereocenters. The van der Waals surface area contributed by atoms with Crippen molar-refractivity contribution in [1.82, 2.24) is 9.88 Å². The summed E-state index contributed by atoms with van der Waals surface area (Å²) in [4.78, 5) is 30.2. The molecule has 0 fully saturated rings. The van der Waals surface area contributed by atoms with Gasteiger partial charge in [-0.15, -0.1) is 0 Å². The third-order valence-corrected chi connectivity index (χ3v) is 5.31. The van der Waals surface area contributed by atoms with E-state index < -0.39 is 0 Å². The number of methoxy groups -OCH3 is 3. The molecule has 2 heterocycles. The second-order valence-corrected chi connectivity index (χ2v) is 6.88. The molecule has 1 amide bonds. The standard InChI is InChI=1S/C22H22N2O5/c1-27-19-7-5-13(11-20(19)28-2)21(25)24-9-8-18-16(12-24)15-10-14(22(26)29-3)4-6-17(15)23-18/h4-7,10-11,23H,8-9,12H2,1-3H3. The van der Waals surface area contributed by atoms with Crippen LogP contribution in [0.3, 0.4) is 0 Å². The van der Waals surface area contributed by atoms with Gasteiger partial charge in [-0.1, -0.05) is 0 Å². The number of benzene rings is 2. The van der Waals surface area contributed by atoms with Gasteiger partial charge in [0, 0.05) is 47.2 Å². The molecule has 1 aliphatic rings. The number of carbonyl (C=O) groups excluding carboxylic acids is 2. The Hall–Kier alpha value is -3.48. The molecule has 0 aliphatic carbocycles. The Balaban J connectivity index is 1.65. The molecule has 0 spiro atoms. The number of nitrogens with one attached hydrogen (secondary N) is 1. The zero-order valence-corrected chi connectivity index (χ0v) is 16.6. The number of carbonyl (C=O) groups is 2. The molecule has 0 bridgehead atoms. The van der Waals surface area contributed by atoms with Gasteiger partial charge in [-0.25, -0.2) is 4.79 Å². The minimum absolute atomic E-state index is 0.0740. The monoisotopic (exact) mass is 394 g/mol. The van der Waals surface area contributed by atoms with Crippen molar-refractivity contribution in [2.75, 3.05) is 27.9 Å². The highest BCUT2D eigenvalue weighted by Gasteiger charge is 2.26. The number of aromatic nitrogens is 1. The number of amides is 1. The number of ether oxygens (including phenoxy) is 3. The molecule has 150 valence electrons. The van der Waals surface area contributed by atoms with Crippen LogP contribution < -0.4 is 9.47 Å². The fourth-order valence-electron chi connectivity index (χ4n) is 3.78. The minimum atomic E-state index is -0.379. The lowest BCUT2D eigenvalue weighted by Crippen LogP contribution is -2.35. The Labute approximate surface area is 168 Å². The molecule has 0 saturated heterocycles. The van der Waals surface area contributed by atoms with Gasteiger partial charge in [0.15, 0.2) is 11.5 Å². The number of hydrogen-bond donors (Lipinski definition) is 1. The first-order valence-corrected chi connectivity index (χ1v) is 9.28. The lowest BCUT2D eigenvalue weighted by Gasteiger charge is -2.27. The van der Waals surface area contributed by atoms with E-state index in [0.717, 1.165) is 28.6 Å². The van der Waals surface area contributed by atoms with Gasteiger partial charge in [-0.3, -0.25) is 4.79 Å². The van der Waals surface area contributed by atoms with Crippen LogP contribution in [0.1, 0.15) is 32.0 Å². The van der Waals surface area contributed by atoms with Crippen molar-refractivity contribution in [1.29, 1.82) is 0 Å². The van der Waals surface area contributed by atoms with Crippen LogP contribution in [0.25, 0.3) is 10.9 Å². The van der Waals surface area contributed by atoms with Gasteiger partial charge in [-0.2, -0.15) is 0 Å². The molecule has 0 unspecified atom stereocenters. The summed E-state index contributed by atoms with van der Waals surface area (Å²) in [5, 5.41) is 0.938. The smallest absolute Gasteiger partial charge is 0.337 e. The predicted molar refractivity (Wildman–Crippen MR) is 108 cm³/mol. The largest absolute Gasteiger partial charge is 0.493 e. The molecule has 1 aliphatic heterocycles. The van der Waals surface area contributed by atoms with Crippen LogP contribution in [-0.2, 0) is 17.7 Å². The number of nitrogens with zero attached hydrogens (tertiary/aromatic N) is 1. The maximum Gasteiger partial charge on any atom is 0.337 e. The SMILES string of the molecule is COC(=O)c1ccc2[nH]c3c(c2c1)CN(C(=O)c1ccc(OC)c(OC)c1)CC3. The van der Waals surface area contributed by atoms with Crippen molar-refractivity contribution in [3.63, 3.8) is 0 Å². The Morgan fingerprint density at radius 2 is 1.72 bits per heavy atom. The van der Waals surface area contributed by atoms with Gasteiger partial charge >= 0.3 is 5.97 Å². The molecule has 0 radical (unpaired) electrons. The lowest BCUT2D eigenvalue weighted by molar-refractivity contribution is 0.0600. The average molecular weight is 394 g/mol. The predicted octanol–water partition coefficient (Wildman–Crippen LogP) is 3.17. The molecule has 1 N–H and O–H groups in total. The van der Waals surface area contributed by atoms with Crippen molar-refractivity contribution in [3.05, 3.63) is 58.8 Å². The van der Waals surface area contributed by atoms with Gasteiger partial charge < -0.3 is 24.1 Å². The van der Waals surface area contributed by atoms with Gasteiger partial charge in [0.25, 0.3) is 5.91 Å². The second kappa shape index (κ2) is 7.50. The summed E-state index contributed by atoms with van der Waals surface area (Å²) >= 11 is 0. The van der Waals surface area contributed by atoms with Crippen LogP contribution in [0.2, 0.25) is 0 Å². The van der Waals surface area contributed by atoms with Crippen molar-refractivity contribution >= 4 is 22.8 Å². The van der Waals surface area contributed by atoms with E-state index in [9.17, 15) is 9.59 Å². The maximum atomic E-state index is 13.1. The summed E-state index contributed by atoms with van der Waals surface area (Å²) in [6.07, 6.45) is 0.719. The first kappa shape index (κ1) is 18.9. The number of aromatic amines is 1. The molecule has 1 aromatic heterocycles. The molecular weight excluding hydrogens is 372 g/mol. The molecule has 3 aromatic rings. The Bertz CT molecular complexity index is 1100. The van der Waals surface area contributed by atoms with E-state index in [2.05, 4.69) is 4.98 Å². The van der Waals surface area contributed by atoms with E-state index in [4.69, 9.17) is 14.2 Å². The topological polar surface area (TPSA) is 80.9 Å². The Morgan fingerprint density at radius 1 is 0.966 bits per heavy atom. The normalized spacial score (nSPS) is 13.1. The van der Waals surface area contributed by atoms with Gasteiger partial charge in [0.1, 0.15) is 0 Å². The summed E-state index contributed by atoms with van der Waals surface area (Å²) in [7, 11) is 4.47. The van der Waals surface area contributed by atoms with Crippen LogP contribution in [0.4, 0.5) is 0 Å². The highest BCUT2D eigenvalue weighted by Crippen LogP contribution is 2.31. The zero-order valence-electron chi connectivity index (χ0n) is 16.6. The minimum Gasteiger partial charge on any atom is -0.493 e. The van der Waals surface area contributed by atoms with Crippen LogP contribution >= 0.6 is 0 Å². The van der Waals surface area contributed by atoms with E-state index in [0.29, 0.717) is 35.7 Å². The highest BCUT2D eigenvalue weighted by molar-refractivity contribution is 5.98. The fraction of sp³-hybridized carbons (Fsp3) is 0.273. The third kappa shape index (κ3) is 3.29. The lowest BCUT2D eigenvalue weighted by atomic mass is 10.0. The molecule has 7 heteroatoms. The fourth-order valence-corrected chi connectivity index (χ4v) is 3.78. The summed E-state index contributed by atoms with van der Waals surface area (Å²) in [6.45, 7) is 1.07. The van der Waals surface area contributed by atoms with Crippen molar-refractivity contribution < 1.29 is 23.8 Å². The van der Waals surface area contributed by atoms with Gasteiger partial charge in [0.2, 0.25) is 0 Å². The van der Waals surface area contributed by atoms with E-state index in [1.54, 1.807) is 38.5 Å². The molecule has 29 heavy (non-hydrogen) atoms. The average Bonchev–Trinajstić information content (AvgIpc) is 3.14. The molecule has 2 aromatic carbocycles. The summed E-state index contributed by atoms with van der Waals surface area (Å²) < 4.78 is 15.4. The zero-order chi connectivity index (χ0) is 20.5. The van der Waals surface area contributed by atoms with E-state index in [-0.39, 0.29) is 11.9 Å². The van der Waals surface area contributed by atoms with Gasteiger partial charge in [-0.05, 0) is 36.4 Å². The van der Waals surface area contributed by atoms with Crippen LogP contribution in [0.15, 0.2) is 36.4 Å². The Morgan fingerprint density at radius 3 is 2.45 bits per heavy atom. The number of fused-ring (bicyclic) bond motifs is 3. The first-order valence-electron chi connectivity index (χ1n) is 9.28. The molecule has 0 saturated carbocycles. The molecule has 4 rings (SSSR count). The number of rotatable bonds is 4. The molecular formula is C22H22N2O5. The molecule has 7 nitrogen and oxygen atoms in total. The summed E-state index contributed by atoms with van der Waals surface area (Å²) in [5.74, 6) is 0.647. The maximum absolute atomic E-state index is 13.1. The number of H-pyrrole nitrogens is 1. The second-order valence-electron chi connectivity index (χ2n) is 6.88. The number of esters is 1. The summed E-state index contributed by atoms with van der Waals surface area (Å²) in [6, 6.07) is 10.6. The van der Waals surface area contributed by atoms with Gasteiger partial charge in [0.05, 0.1) is 26.9 Å². The first-order chi connectivity index (χ1) is 14.0. The quantitative estimate of drug-likeness (QED) is 0.688. The van der Waals surface area contributed by atoms with Crippen molar-refractivity contribution in [2.45, 2.75) is 13.0 Å². The third-order valence-electron chi connectivity index (χ3n) is 5.31. The number of hydrogen-bond acceptors (Lipinski definition) is 5. The van der Waals surface area contributed by atoms with Crippen LogP contribution in [-0.4, -0.2) is 49.6 Å². The van der Waals surface area contributed by atoms with E-state index >= 15 is 0 Å². The van der Waals surface area contributed by atoms with Crippen molar-refractivity contribution in [3.8, 4) is 11.5 Å². The van der Waals surface area contributed by atoms with E-state index in [1.165, 1.54) is 7.11 Å². The van der Waals surface area contributed by atoms with E-state index in [1.807, 2.05) is 17.0 Å².